The number of nitrogens with zero attached hydrogens (tertiary/aromatic N) is 1. The molecule has 164 valence electrons. The van der Waals surface area contributed by atoms with Crippen LogP contribution in [0.4, 0.5) is 17.1 Å². The van der Waals surface area contributed by atoms with Crippen LogP contribution < -0.4 is 20.3 Å². The van der Waals surface area contributed by atoms with E-state index in [0.29, 0.717) is 24.5 Å². The monoisotopic (exact) mass is 429 g/mol. The van der Waals surface area contributed by atoms with E-state index in [-0.39, 0.29) is 11.8 Å². The van der Waals surface area contributed by atoms with Gasteiger partial charge in [0, 0.05) is 24.3 Å². The number of rotatable bonds is 8. The molecular weight excluding hydrogens is 402 g/mol. The Morgan fingerprint density at radius 1 is 1.00 bits per heavy atom. The molecule has 2 amide bonds. The Bertz CT molecular complexity index is 1070. The molecule has 3 aromatic rings. The van der Waals surface area contributed by atoms with Crippen molar-refractivity contribution in [3.05, 3.63) is 84.4 Å². The summed E-state index contributed by atoms with van der Waals surface area (Å²) in [5.41, 5.74) is 3.15. The lowest BCUT2D eigenvalue weighted by Crippen LogP contribution is -2.27. The summed E-state index contributed by atoms with van der Waals surface area (Å²) >= 11 is 0. The minimum atomic E-state index is -0.606. The van der Waals surface area contributed by atoms with Crippen molar-refractivity contribution in [3.63, 3.8) is 0 Å². The van der Waals surface area contributed by atoms with Gasteiger partial charge < -0.3 is 20.3 Å². The smallest absolute Gasteiger partial charge is 0.251 e. The van der Waals surface area contributed by atoms with Gasteiger partial charge in [-0.2, -0.15) is 0 Å². The van der Waals surface area contributed by atoms with Gasteiger partial charge in [-0.3, -0.25) is 9.59 Å². The molecule has 0 radical (unpaired) electrons. The highest BCUT2D eigenvalue weighted by Crippen LogP contribution is 2.28. The van der Waals surface area contributed by atoms with Gasteiger partial charge in [-0.1, -0.05) is 42.5 Å². The van der Waals surface area contributed by atoms with E-state index in [0.717, 1.165) is 29.9 Å². The third-order valence-corrected chi connectivity index (χ3v) is 5.40. The first-order chi connectivity index (χ1) is 15.7. The summed E-state index contributed by atoms with van der Waals surface area (Å²) in [6.45, 7) is 3.17. The van der Waals surface area contributed by atoms with Crippen molar-refractivity contribution in [1.29, 1.82) is 0 Å². The molecule has 32 heavy (non-hydrogen) atoms. The topological polar surface area (TPSA) is 70.7 Å². The highest BCUT2D eigenvalue weighted by atomic mass is 16.5. The van der Waals surface area contributed by atoms with E-state index in [4.69, 9.17) is 4.74 Å². The highest BCUT2D eigenvalue weighted by molar-refractivity contribution is 5.98. The second-order valence-electron chi connectivity index (χ2n) is 7.60. The number of nitrogens with one attached hydrogen (secondary N) is 2. The number of carbonyl (C=O) groups is 2. The van der Waals surface area contributed by atoms with Crippen molar-refractivity contribution in [2.45, 2.75) is 25.8 Å². The fourth-order valence-electron chi connectivity index (χ4n) is 3.83. The maximum atomic E-state index is 13.3. The number of anilines is 3. The van der Waals surface area contributed by atoms with Crippen molar-refractivity contribution in [2.24, 2.45) is 0 Å². The zero-order valence-electron chi connectivity index (χ0n) is 18.1. The standard InChI is InChI=1S/C26H27N3O3/c1-2-32-23-12-7-6-11-22(23)28-26(31)25(19-9-4-3-5-10-19)27-20-14-16-21(17-15-20)29-18-8-13-24(29)30/h3-7,9-12,14-17,25,27H,2,8,13,18H2,1H3,(H,28,31)/t25-/m0/s1. The zero-order chi connectivity index (χ0) is 22.3. The fraction of sp³-hybridized carbons (Fsp3) is 0.231. The second kappa shape index (κ2) is 10.0. The Morgan fingerprint density at radius 2 is 1.72 bits per heavy atom. The van der Waals surface area contributed by atoms with Crippen LogP contribution in [0.2, 0.25) is 0 Å². The lowest BCUT2D eigenvalue weighted by molar-refractivity contribution is -0.117. The molecule has 4 rings (SSSR count). The zero-order valence-corrected chi connectivity index (χ0v) is 18.1. The minimum absolute atomic E-state index is 0.153. The van der Waals surface area contributed by atoms with Crippen LogP contribution in [0.15, 0.2) is 78.9 Å². The van der Waals surface area contributed by atoms with E-state index in [2.05, 4.69) is 10.6 Å². The molecule has 0 aromatic heterocycles. The largest absolute Gasteiger partial charge is 0.492 e. The van der Waals surface area contributed by atoms with Crippen molar-refractivity contribution in [3.8, 4) is 5.75 Å². The molecule has 1 saturated heterocycles. The van der Waals surface area contributed by atoms with Crippen LogP contribution in [0, 0.1) is 0 Å². The molecule has 3 aromatic carbocycles. The third kappa shape index (κ3) is 4.91. The first kappa shape index (κ1) is 21.4. The molecule has 0 unspecified atom stereocenters. The Labute approximate surface area is 188 Å². The lowest BCUT2D eigenvalue weighted by atomic mass is 10.1. The van der Waals surface area contributed by atoms with E-state index in [1.54, 1.807) is 4.90 Å². The molecule has 1 atom stereocenters. The molecule has 0 spiro atoms. The van der Waals surface area contributed by atoms with Crippen LogP contribution in [0.5, 0.6) is 5.75 Å². The quantitative estimate of drug-likeness (QED) is 0.528. The van der Waals surface area contributed by atoms with Crippen molar-refractivity contribution < 1.29 is 14.3 Å². The number of carbonyl (C=O) groups excluding carboxylic acids is 2. The van der Waals surface area contributed by atoms with Crippen LogP contribution in [-0.4, -0.2) is 25.0 Å². The Hall–Kier alpha value is -3.80. The van der Waals surface area contributed by atoms with Gasteiger partial charge in [0.25, 0.3) is 5.91 Å². The molecular formula is C26H27N3O3. The number of hydrogen-bond acceptors (Lipinski definition) is 4. The van der Waals surface area contributed by atoms with Gasteiger partial charge in [0.1, 0.15) is 11.8 Å². The predicted octanol–water partition coefficient (Wildman–Crippen LogP) is 5.00. The van der Waals surface area contributed by atoms with Crippen LogP contribution in [0.1, 0.15) is 31.4 Å². The van der Waals surface area contributed by atoms with Gasteiger partial charge in [0.2, 0.25) is 5.91 Å². The highest BCUT2D eigenvalue weighted by Gasteiger charge is 2.23. The summed E-state index contributed by atoms with van der Waals surface area (Å²) in [7, 11) is 0. The summed E-state index contributed by atoms with van der Waals surface area (Å²) in [5, 5.41) is 6.34. The first-order valence-corrected chi connectivity index (χ1v) is 10.9. The Balaban J connectivity index is 1.55. The number of benzene rings is 3. The number of para-hydroxylation sites is 2. The summed E-state index contributed by atoms with van der Waals surface area (Å²) in [6, 6.07) is 24.0. The predicted molar refractivity (Wildman–Crippen MR) is 127 cm³/mol. The van der Waals surface area contributed by atoms with Crippen molar-refractivity contribution in [2.75, 3.05) is 28.7 Å². The van der Waals surface area contributed by atoms with E-state index < -0.39 is 6.04 Å². The summed E-state index contributed by atoms with van der Waals surface area (Å²) < 4.78 is 5.64. The average molecular weight is 430 g/mol. The molecule has 0 saturated carbocycles. The molecule has 2 N–H and O–H groups in total. The van der Waals surface area contributed by atoms with Crippen LogP contribution in [0.25, 0.3) is 0 Å². The van der Waals surface area contributed by atoms with E-state index >= 15 is 0 Å². The van der Waals surface area contributed by atoms with Crippen LogP contribution in [-0.2, 0) is 9.59 Å². The van der Waals surface area contributed by atoms with Gasteiger partial charge >= 0.3 is 0 Å². The molecule has 1 aliphatic heterocycles. The van der Waals surface area contributed by atoms with Crippen molar-refractivity contribution >= 4 is 28.9 Å². The molecule has 1 fully saturated rings. The van der Waals surface area contributed by atoms with Crippen molar-refractivity contribution in [1.82, 2.24) is 0 Å². The maximum absolute atomic E-state index is 13.3. The van der Waals surface area contributed by atoms with E-state index in [1.165, 1.54) is 0 Å². The van der Waals surface area contributed by atoms with Gasteiger partial charge in [0.15, 0.2) is 0 Å². The molecule has 0 aliphatic carbocycles. The number of amides is 2. The van der Waals surface area contributed by atoms with Crippen LogP contribution >= 0.6 is 0 Å². The fourth-order valence-corrected chi connectivity index (χ4v) is 3.83. The normalized spacial score (nSPS) is 14.2. The Kier molecular flexibility index (Phi) is 6.70. The Morgan fingerprint density at radius 3 is 2.41 bits per heavy atom. The van der Waals surface area contributed by atoms with E-state index in [1.807, 2.05) is 85.8 Å². The third-order valence-electron chi connectivity index (χ3n) is 5.40. The van der Waals surface area contributed by atoms with Gasteiger partial charge in [-0.05, 0) is 55.3 Å². The minimum Gasteiger partial charge on any atom is -0.492 e. The van der Waals surface area contributed by atoms with Gasteiger partial charge in [0.05, 0.1) is 12.3 Å². The maximum Gasteiger partial charge on any atom is 0.251 e. The molecule has 0 bridgehead atoms. The molecule has 6 heteroatoms. The molecule has 6 nitrogen and oxygen atoms in total. The van der Waals surface area contributed by atoms with Crippen LogP contribution in [0.3, 0.4) is 0 Å². The van der Waals surface area contributed by atoms with Gasteiger partial charge in [-0.15, -0.1) is 0 Å². The SMILES string of the molecule is CCOc1ccccc1NC(=O)[C@@H](Nc1ccc(N2CCCC2=O)cc1)c1ccccc1. The first-order valence-electron chi connectivity index (χ1n) is 10.9. The molecule has 1 heterocycles. The van der Waals surface area contributed by atoms with Gasteiger partial charge in [-0.25, -0.2) is 0 Å². The summed E-state index contributed by atoms with van der Waals surface area (Å²) in [4.78, 5) is 27.1. The number of ether oxygens (including phenoxy) is 1. The summed E-state index contributed by atoms with van der Waals surface area (Å²) in [5.74, 6) is 0.595. The number of hydrogen-bond donors (Lipinski definition) is 2. The second-order valence-corrected chi connectivity index (χ2v) is 7.60. The average Bonchev–Trinajstić information content (AvgIpc) is 3.25. The molecule has 1 aliphatic rings. The lowest BCUT2D eigenvalue weighted by Gasteiger charge is -2.22. The summed E-state index contributed by atoms with van der Waals surface area (Å²) in [6.07, 6.45) is 1.48. The van der Waals surface area contributed by atoms with E-state index in [9.17, 15) is 9.59 Å².